The first-order valence-corrected chi connectivity index (χ1v) is 14.0. The molecule has 9 heteroatoms. The van der Waals surface area contributed by atoms with Crippen LogP contribution in [0.4, 0.5) is 8.78 Å². The van der Waals surface area contributed by atoms with Crippen LogP contribution < -0.4 is 0 Å². The molecule has 0 spiro atoms. The van der Waals surface area contributed by atoms with Crippen LogP contribution in [0.1, 0.15) is 85.6 Å². The highest BCUT2D eigenvalue weighted by Gasteiger charge is 2.33. The smallest absolute Gasteiger partial charge is 0.184 e. The molecule has 0 amide bonds. The Hall–Kier alpha value is -2.91. The third kappa shape index (κ3) is 5.67. The molecule has 0 radical (unpaired) electrons. The lowest BCUT2D eigenvalue weighted by Crippen LogP contribution is -2.33. The molecule has 2 heterocycles. The van der Waals surface area contributed by atoms with Crippen LogP contribution in [0, 0.1) is 11.6 Å². The van der Waals surface area contributed by atoms with Crippen LogP contribution in [0.3, 0.4) is 0 Å². The number of Topliss-reactive ketones (excluding diaryl/α,β-unsaturated/α-hetero) is 1. The van der Waals surface area contributed by atoms with E-state index in [0.29, 0.717) is 30.8 Å². The topological polar surface area (TPSA) is 80.5 Å². The first kappa shape index (κ1) is 27.1. The van der Waals surface area contributed by atoms with E-state index in [9.17, 15) is 22.0 Å². The normalized spacial score (nSPS) is 15.4. The average molecular weight is 531 g/mol. The van der Waals surface area contributed by atoms with Gasteiger partial charge in [0.15, 0.2) is 21.4 Å². The number of carbonyl (C=O) groups is 1. The molecule has 0 N–H and O–H groups in total. The number of sulfone groups is 1. The molecule has 1 aliphatic rings. The molecule has 0 bridgehead atoms. The molecule has 2 aromatic carbocycles. The summed E-state index contributed by atoms with van der Waals surface area (Å²) in [6.45, 7) is 10.4. The minimum Gasteiger partial charge on any atom is -0.360 e. The predicted molar refractivity (Wildman–Crippen MR) is 136 cm³/mol. The molecule has 0 fully saturated rings. The first-order valence-electron chi connectivity index (χ1n) is 12.4. The Morgan fingerprint density at radius 2 is 1.78 bits per heavy atom. The van der Waals surface area contributed by atoms with E-state index < -0.39 is 32.6 Å². The second-order valence-corrected chi connectivity index (χ2v) is 12.6. The van der Waals surface area contributed by atoms with Crippen molar-refractivity contribution in [2.24, 2.45) is 0 Å². The first-order chi connectivity index (χ1) is 17.3. The van der Waals surface area contributed by atoms with Crippen LogP contribution in [0.2, 0.25) is 0 Å². The summed E-state index contributed by atoms with van der Waals surface area (Å²) in [6.07, 6.45) is 0.893. The summed E-state index contributed by atoms with van der Waals surface area (Å²) >= 11 is 0. The number of nitrogens with zero attached hydrogens (tertiary/aromatic N) is 2. The summed E-state index contributed by atoms with van der Waals surface area (Å²) in [6, 6.07) is 8.28. The van der Waals surface area contributed by atoms with Gasteiger partial charge >= 0.3 is 0 Å². The van der Waals surface area contributed by atoms with Crippen molar-refractivity contribution in [2.45, 2.75) is 76.1 Å². The SMILES string of the molecule is CCC(=O)c1c(CS(=O)(=O)c2ccc3c(c2)CN([C@H](C)c2cc(F)cc(F)c2)CC3)noc1C(C)(C)C. The Bertz CT molecular complexity index is 1420. The van der Waals surface area contributed by atoms with Gasteiger partial charge in [-0.1, -0.05) is 38.9 Å². The van der Waals surface area contributed by atoms with E-state index >= 15 is 0 Å². The number of rotatable bonds is 7. The fraction of sp³-hybridized carbons (Fsp3) is 0.429. The molecule has 6 nitrogen and oxygen atoms in total. The molecule has 0 saturated heterocycles. The van der Waals surface area contributed by atoms with Crippen molar-refractivity contribution in [3.8, 4) is 0 Å². The van der Waals surface area contributed by atoms with Gasteiger partial charge in [-0.25, -0.2) is 17.2 Å². The van der Waals surface area contributed by atoms with Crippen LogP contribution in [0.5, 0.6) is 0 Å². The Kier molecular flexibility index (Phi) is 7.41. The van der Waals surface area contributed by atoms with E-state index in [1.807, 2.05) is 33.8 Å². The van der Waals surface area contributed by atoms with E-state index in [0.717, 1.165) is 17.2 Å². The van der Waals surface area contributed by atoms with E-state index in [1.165, 1.54) is 12.1 Å². The number of ketones is 1. The van der Waals surface area contributed by atoms with E-state index in [1.54, 1.807) is 19.1 Å². The maximum absolute atomic E-state index is 13.8. The van der Waals surface area contributed by atoms with Gasteiger partial charge in [-0.2, -0.15) is 0 Å². The van der Waals surface area contributed by atoms with Crippen LogP contribution in [-0.4, -0.2) is 30.8 Å². The molecule has 1 aliphatic heterocycles. The number of carbonyl (C=O) groups excluding carboxylic acids is 1. The van der Waals surface area contributed by atoms with Gasteiger partial charge in [0.1, 0.15) is 23.1 Å². The molecule has 1 atom stereocenters. The van der Waals surface area contributed by atoms with Crippen LogP contribution in [-0.2, 0) is 34.0 Å². The summed E-state index contributed by atoms with van der Waals surface area (Å²) in [5, 5.41) is 3.99. The van der Waals surface area contributed by atoms with Crippen LogP contribution in [0.15, 0.2) is 45.8 Å². The fourth-order valence-corrected chi connectivity index (χ4v) is 6.09. The molecule has 0 unspecified atom stereocenters. The molecule has 198 valence electrons. The Balaban J connectivity index is 1.61. The van der Waals surface area contributed by atoms with E-state index in [2.05, 4.69) is 10.1 Å². The van der Waals surface area contributed by atoms with Gasteiger partial charge in [0, 0.05) is 37.0 Å². The highest BCUT2D eigenvalue weighted by Crippen LogP contribution is 2.33. The Morgan fingerprint density at radius 1 is 1.11 bits per heavy atom. The van der Waals surface area contributed by atoms with Crippen molar-refractivity contribution in [2.75, 3.05) is 6.54 Å². The lowest BCUT2D eigenvalue weighted by molar-refractivity contribution is 0.0983. The van der Waals surface area contributed by atoms with Crippen molar-refractivity contribution >= 4 is 15.6 Å². The second kappa shape index (κ2) is 10.1. The maximum atomic E-state index is 13.8. The third-order valence-electron chi connectivity index (χ3n) is 6.86. The van der Waals surface area contributed by atoms with Crippen molar-refractivity contribution in [3.63, 3.8) is 0 Å². The maximum Gasteiger partial charge on any atom is 0.184 e. The van der Waals surface area contributed by atoms with Gasteiger partial charge < -0.3 is 4.52 Å². The van der Waals surface area contributed by atoms with Crippen LogP contribution in [0.25, 0.3) is 0 Å². The lowest BCUT2D eigenvalue weighted by atomic mass is 9.88. The lowest BCUT2D eigenvalue weighted by Gasteiger charge is -2.34. The quantitative estimate of drug-likeness (QED) is 0.352. The van der Waals surface area contributed by atoms with Gasteiger partial charge in [-0.3, -0.25) is 9.69 Å². The second-order valence-electron chi connectivity index (χ2n) is 10.6. The summed E-state index contributed by atoms with van der Waals surface area (Å²) in [5.41, 5.74) is 2.27. The molecular weight excluding hydrogens is 498 g/mol. The standard InChI is InChI=1S/C28H32F2N2O4S/c1-6-25(33)26-24(31-36-27(26)28(3,4)5)16-37(34,35)23-8-7-18-9-10-32(15-20(18)13-23)17(2)19-11-21(29)14-22(30)12-19/h7-8,11-14,17H,6,9-10,15-16H2,1-5H3/t17-/m1/s1. The molecule has 1 aromatic heterocycles. The molecule has 0 saturated carbocycles. The average Bonchev–Trinajstić information content (AvgIpc) is 3.25. The molecule has 3 aromatic rings. The fourth-order valence-electron chi connectivity index (χ4n) is 4.77. The molecule has 4 rings (SSSR count). The monoisotopic (exact) mass is 530 g/mol. The highest BCUT2D eigenvalue weighted by atomic mass is 32.2. The van der Waals surface area contributed by atoms with Gasteiger partial charge in [0.2, 0.25) is 0 Å². The number of hydrogen-bond acceptors (Lipinski definition) is 6. The minimum atomic E-state index is -3.84. The van der Waals surface area contributed by atoms with Gasteiger partial charge in [0.05, 0.1) is 10.5 Å². The summed E-state index contributed by atoms with van der Waals surface area (Å²) in [4.78, 5) is 14.9. The van der Waals surface area contributed by atoms with E-state index in [-0.39, 0.29) is 34.4 Å². The van der Waals surface area contributed by atoms with Gasteiger partial charge in [-0.15, -0.1) is 0 Å². The Labute approximate surface area is 216 Å². The van der Waals surface area contributed by atoms with Crippen molar-refractivity contribution < 1.29 is 26.5 Å². The summed E-state index contributed by atoms with van der Waals surface area (Å²) in [7, 11) is -3.84. The number of aromatic nitrogens is 1. The zero-order chi connectivity index (χ0) is 27.1. The third-order valence-corrected chi connectivity index (χ3v) is 8.49. The highest BCUT2D eigenvalue weighted by molar-refractivity contribution is 7.90. The summed E-state index contributed by atoms with van der Waals surface area (Å²) in [5.74, 6) is -1.53. The molecule has 0 aliphatic carbocycles. The number of halogens is 2. The Morgan fingerprint density at radius 3 is 2.41 bits per heavy atom. The molecule has 37 heavy (non-hydrogen) atoms. The van der Waals surface area contributed by atoms with Gasteiger partial charge in [0.25, 0.3) is 0 Å². The predicted octanol–water partition coefficient (Wildman–Crippen LogP) is 5.94. The zero-order valence-corrected chi connectivity index (χ0v) is 22.6. The summed E-state index contributed by atoms with van der Waals surface area (Å²) < 4.78 is 59.9. The minimum absolute atomic E-state index is 0.123. The number of fused-ring (bicyclic) bond motifs is 1. The van der Waals surface area contributed by atoms with Crippen molar-refractivity contribution in [1.29, 1.82) is 0 Å². The molecular formula is C28H32F2N2O4S. The van der Waals surface area contributed by atoms with Gasteiger partial charge in [-0.05, 0) is 54.3 Å². The van der Waals surface area contributed by atoms with Crippen molar-refractivity contribution in [1.82, 2.24) is 10.1 Å². The van der Waals surface area contributed by atoms with Crippen LogP contribution >= 0.6 is 0 Å². The number of benzene rings is 2. The largest absolute Gasteiger partial charge is 0.360 e. The zero-order valence-electron chi connectivity index (χ0n) is 21.8. The number of hydrogen-bond donors (Lipinski definition) is 0. The van der Waals surface area contributed by atoms with E-state index in [4.69, 9.17) is 4.52 Å². The van der Waals surface area contributed by atoms with Crippen molar-refractivity contribution in [3.05, 3.63) is 81.7 Å².